The molecule has 1 aromatic heterocycles. The van der Waals surface area contributed by atoms with Crippen LogP contribution in [-0.2, 0) is 11.2 Å². The topological polar surface area (TPSA) is 90.0 Å². The van der Waals surface area contributed by atoms with Crippen LogP contribution < -0.4 is 11.1 Å². The highest BCUT2D eigenvalue weighted by molar-refractivity contribution is 5.94. The van der Waals surface area contributed by atoms with Crippen LogP contribution in [0.2, 0.25) is 0 Å². The van der Waals surface area contributed by atoms with Gasteiger partial charge in [0.1, 0.15) is 0 Å². The summed E-state index contributed by atoms with van der Waals surface area (Å²) >= 11 is 0. The van der Waals surface area contributed by atoms with E-state index in [1.54, 1.807) is 24.3 Å². The second-order valence-corrected chi connectivity index (χ2v) is 6.50. The van der Waals surface area contributed by atoms with E-state index in [9.17, 15) is 9.59 Å². The molecule has 0 spiro atoms. The number of rotatable bonds is 6. The van der Waals surface area contributed by atoms with Crippen LogP contribution in [0.5, 0.6) is 0 Å². The zero-order valence-corrected chi connectivity index (χ0v) is 15.4. The van der Waals surface area contributed by atoms with Crippen molar-refractivity contribution in [2.75, 3.05) is 5.32 Å². The smallest absolute Gasteiger partial charge is 0.248 e. The standard InChI is InChI=1S/C21H22N4O2/c1-14-13-15(2)25(24-14)19-10-3-16(4-11-19)5-12-20(26)23-18-8-6-17(7-9-18)21(22)27/h3-4,6-11,13H,5,12H2,1-2H3,(H2,22,27)(H,23,26). The van der Waals surface area contributed by atoms with E-state index in [0.29, 0.717) is 24.1 Å². The maximum absolute atomic E-state index is 12.1. The Hall–Kier alpha value is -3.41. The molecule has 0 fully saturated rings. The number of nitrogens with zero attached hydrogens (tertiary/aromatic N) is 2. The Morgan fingerprint density at radius 1 is 1.04 bits per heavy atom. The average molecular weight is 362 g/mol. The third-order valence-electron chi connectivity index (χ3n) is 4.28. The number of carbonyl (C=O) groups excluding carboxylic acids is 2. The van der Waals surface area contributed by atoms with Gasteiger partial charge in [-0.15, -0.1) is 0 Å². The first-order valence-corrected chi connectivity index (χ1v) is 8.74. The molecule has 138 valence electrons. The van der Waals surface area contributed by atoms with E-state index in [-0.39, 0.29) is 5.91 Å². The molecular weight excluding hydrogens is 340 g/mol. The lowest BCUT2D eigenvalue weighted by Gasteiger charge is -2.08. The lowest BCUT2D eigenvalue weighted by atomic mass is 10.1. The number of aryl methyl sites for hydroxylation is 3. The van der Waals surface area contributed by atoms with Crippen molar-refractivity contribution in [3.63, 3.8) is 0 Å². The van der Waals surface area contributed by atoms with Gasteiger partial charge in [0.15, 0.2) is 0 Å². The number of amides is 2. The minimum Gasteiger partial charge on any atom is -0.366 e. The first kappa shape index (κ1) is 18.4. The van der Waals surface area contributed by atoms with E-state index >= 15 is 0 Å². The van der Waals surface area contributed by atoms with E-state index in [0.717, 1.165) is 22.6 Å². The van der Waals surface area contributed by atoms with Gasteiger partial charge in [-0.25, -0.2) is 4.68 Å². The molecule has 3 N–H and O–H groups in total. The number of primary amides is 1. The van der Waals surface area contributed by atoms with Crippen LogP contribution in [-0.4, -0.2) is 21.6 Å². The molecule has 0 atom stereocenters. The SMILES string of the molecule is Cc1cc(C)n(-c2ccc(CCC(=O)Nc3ccc(C(N)=O)cc3)cc2)n1. The van der Waals surface area contributed by atoms with Gasteiger partial charge >= 0.3 is 0 Å². The van der Waals surface area contributed by atoms with Crippen molar-refractivity contribution in [2.45, 2.75) is 26.7 Å². The van der Waals surface area contributed by atoms with E-state index in [1.165, 1.54) is 0 Å². The fourth-order valence-corrected chi connectivity index (χ4v) is 2.89. The molecule has 0 aliphatic carbocycles. The molecule has 27 heavy (non-hydrogen) atoms. The summed E-state index contributed by atoms with van der Waals surface area (Å²) in [6.07, 6.45) is 1.01. The average Bonchev–Trinajstić information content (AvgIpc) is 2.99. The van der Waals surface area contributed by atoms with Gasteiger partial charge < -0.3 is 11.1 Å². The number of anilines is 1. The number of hydrogen-bond donors (Lipinski definition) is 2. The van der Waals surface area contributed by atoms with E-state index in [2.05, 4.69) is 10.4 Å². The summed E-state index contributed by atoms with van der Waals surface area (Å²) in [5.74, 6) is -0.568. The van der Waals surface area contributed by atoms with Gasteiger partial charge in [-0.2, -0.15) is 5.10 Å². The highest BCUT2D eigenvalue weighted by Gasteiger charge is 2.07. The van der Waals surface area contributed by atoms with Gasteiger partial charge in [0.25, 0.3) is 0 Å². The van der Waals surface area contributed by atoms with Crippen molar-refractivity contribution in [3.8, 4) is 5.69 Å². The number of aromatic nitrogens is 2. The summed E-state index contributed by atoms with van der Waals surface area (Å²) in [5.41, 5.74) is 10.4. The molecule has 3 rings (SSSR count). The molecule has 6 heteroatoms. The van der Waals surface area contributed by atoms with E-state index in [4.69, 9.17) is 5.73 Å². The molecule has 6 nitrogen and oxygen atoms in total. The zero-order valence-electron chi connectivity index (χ0n) is 15.4. The van der Waals surface area contributed by atoms with Gasteiger partial charge in [0.05, 0.1) is 11.4 Å². The van der Waals surface area contributed by atoms with Crippen molar-refractivity contribution >= 4 is 17.5 Å². The van der Waals surface area contributed by atoms with Gasteiger partial charge in [-0.1, -0.05) is 12.1 Å². The fourth-order valence-electron chi connectivity index (χ4n) is 2.89. The number of benzene rings is 2. The predicted molar refractivity (Wildman–Crippen MR) is 105 cm³/mol. The minimum absolute atomic E-state index is 0.0792. The Morgan fingerprint density at radius 2 is 1.70 bits per heavy atom. The maximum Gasteiger partial charge on any atom is 0.248 e. The molecule has 2 amide bonds. The van der Waals surface area contributed by atoms with Crippen molar-refractivity contribution in [2.24, 2.45) is 5.73 Å². The van der Waals surface area contributed by atoms with Crippen molar-refractivity contribution in [1.82, 2.24) is 9.78 Å². The minimum atomic E-state index is -0.489. The van der Waals surface area contributed by atoms with E-state index in [1.807, 2.05) is 48.9 Å². The number of carbonyl (C=O) groups is 2. The lowest BCUT2D eigenvalue weighted by molar-refractivity contribution is -0.116. The number of nitrogens with two attached hydrogens (primary N) is 1. The molecular formula is C21H22N4O2. The largest absolute Gasteiger partial charge is 0.366 e. The molecule has 0 saturated carbocycles. The molecule has 0 unspecified atom stereocenters. The summed E-state index contributed by atoms with van der Waals surface area (Å²) in [6, 6.07) is 16.6. The highest BCUT2D eigenvalue weighted by atomic mass is 16.1. The quantitative estimate of drug-likeness (QED) is 0.706. The van der Waals surface area contributed by atoms with Gasteiger partial charge in [0, 0.05) is 23.4 Å². The van der Waals surface area contributed by atoms with E-state index < -0.39 is 5.91 Å². The number of hydrogen-bond acceptors (Lipinski definition) is 3. The Labute approximate surface area is 158 Å². The van der Waals surface area contributed by atoms with Crippen molar-refractivity contribution in [1.29, 1.82) is 0 Å². The molecule has 1 heterocycles. The Morgan fingerprint density at radius 3 is 2.26 bits per heavy atom. The van der Waals surface area contributed by atoms with Gasteiger partial charge in [-0.3, -0.25) is 9.59 Å². The normalized spacial score (nSPS) is 10.6. The van der Waals surface area contributed by atoms with Gasteiger partial charge in [-0.05, 0) is 68.3 Å². The molecule has 0 radical (unpaired) electrons. The molecule has 0 saturated heterocycles. The summed E-state index contributed by atoms with van der Waals surface area (Å²) in [6.45, 7) is 3.99. The third kappa shape index (κ3) is 4.61. The molecule has 0 aliphatic rings. The van der Waals surface area contributed by atoms with Crippen LogP contribution in [0.25, 0.3) is 5.69 Å². The second kappa shape index (κ2) is 7.86. The lowest BCUT2D eigenvalue weighted by Crippen LogP contribution is -2.13. The molecule has 0 aliphatic heterocycles. The maximum atomic E-state index is 12.1. The van der Waals surface area contributed by atoms with Crippen molar-refractivity contribution in [3.05, 3.63) is 77.1 Å². The second-order valence-electron chi connectivity index (χ2n) is 6.50. The first-order valence-electron chi connectivity index (χ1n) is 8.74. The van der Waals surface area contributed by atoms with Crippen LogP contribution in [0.3, 0.4) is 0 Å². The van der Waals surface area contributed by atoms with Crippen molar-refractivity contribution < 1.29 is 9.59 Å². The summed E-state index contributed by atoms with van der Waals surface area (Å²) in [4.78, 5) is 23.2. The molecule has 2 aromatic carbocycles. The molecule has 0 bridgehead atoms. The fraction of sp³-hybridized carbons (Fsp3) is 0.190. The van der Waals surface area contributed by atoms with Crippen LogP contribution in [0.4, 0.5) is 5.69 Å². The zero-order chi connectivity index (χ0) is 19.4. The Bertz CT molecular complexity index is 957. The van der Waals surface area contributed by atoms with Crippen LogP contribution in [0.1, 0.15) is 33.7 Å². The summed E-state index contributed by atoms with van der Waals surface area (Å²) in [7, 11) is 0. The predicted octanol–water partition coefficient (Wildman–Crippen LogP) is 3.16. The van der Waals surface area contributed by atoms with Crippen LogP contribution in [0.15, 0.2) is 54.6 Å². The Balaban J connectivity index is 1.55. The summed E-state index contributed by atoms with van der Waals surface area (Å²) < 4.78 is 1.90. The Kier molecular flexibility index (Phi) is 5.35. The van der Waals surface area contributed by atoms with Crippen LogP contribution >= 0.6 is 0 Å². The molecule has 3 aromatic rings. The first-order chi connectivity index (χ1) is 12.9. The monoisotopic (exact) mass is 362 g/mol. The van der Waals surface area contributed by atoms with Crippen LogP contribution in [0, 0.1) is 13.8 Å². The number of nitrogens with one attached hydrogen (secondary N) is 1. The van der Waals surface area contributed by atoms with Gasteiger partial charge in [0.2, 0.25) is 11.8 Å². The third-order valence-corrected chi connectivity index (χ3v) is 4.28. The highest BCUT2D eigenvalue weighted by Crippen LogP contribution is 2.15. The summed E-state index contributed by atoms with van der Waals surface area (Å²) in [5, 5.41) is 7.29.